The summed E-state index contributed by atoms with van der Waals surface area (Å²) >= 11 is 5.94. The third-order valence-corrected chi connectivity index (χ3v) is 7.49. The number of piperidine rings is 2. The highest BCUT2D eigenvalue weighted by atomic mass is 35.5. The van der Waals surface area contributed by atoms with Gasteiger partial charge in [-0.05, 0) is 44.1 Å². The van der Waals surface area contributed by atoms with Gasteiger partial charge in [-0.3, -0.25) is 4.90 Å². The molecule has 2 aliphatic heterocycles. The molecule has 39 heavy (non-hydrogen) atoms. The average Bonchev–Trinajstić information content (AvgIpc) is 2.96. The lowest BCUT2D eigenvalue weighted by Gasteiger charge is -2.32. The van der Waals surface area contributed by atoms with Crippen LogP contribution in [0.4, 0.5) is 20.7 Å². The number of carbonyl (C=O) groups is 1. The summed E-state index contributed by atoms with van der Waals surface area (Å²) in [4.78, 5) is 25.3. The van der Waals surface area contributed by atoms with Crippen LogP contribution in [0, 0.1) is 5.82 Å². The Morgan fingerprint density at radius 3 is 2.67 bits per heavy atom. The molecule has 2 aliphatic rings. The molecule has 208 valence electrons. The number of anilines is 2. The number of hydrogen-bond acceptors (Lipinski definition) is 8. The van der Waals surface area contributed by atoms with Crippen molar-refractivity contribution in [2.75, 3.05) is 51.8 Å². The molecular weight excluding hydrogens is 525 g/mol. The molecule has 0 radical (unpaired) electrons. The first kappa shape index (κ1) is 27.2. The van der Waals surface area contributed by atoms with Crippen molar-refractivity contribution in [1.82, 2.24) is 19.8 Å². The third-order valence-electron chi connectivity index (χ3n) is 7.20. The first-order valence-corrected chi connectivity index (χ1v) is 13.7. The van der Waals surface area contributed by atoms with Gasteiger partial charge in [0.1, 0.15) is 24.9 Å². The molecule has 1 aromatic heterocycles. The van der Waals surface area contributed by atoms with E-state index in [4.69, 9.17) is 25.8 Å². The number of rotatable bonds is 8. The Morgan fingerprint density at radius 1 is 1.10 bits per heavy atom. The minimum absolute atomic E-state index is 0.0151. The van der Waals surface area contributed by atoms with Gasteiger partial charge in [-0.1, -0.05) is 24.1 Å². The molecule has 0 bridgehead atoms. The lowest BCUT2D eigenvalue weighted by atomic mass is 10.1. The monoisotopic (exact) mass is 557 g/mol. The van der Waals surface area contributed by atoms with Crippen LogP contribution in [-0.2, 0) is 4.74 Å². The zero-order valence-electron chi connectivity index (χ0n) is 22.0. The fraction of sp³-hybridized carbons (Fsp3) is 0.464. The maximum absolute atomic E-state index is 14.5. The smallest absolute Gasteiger partial charge is 0.409 e. The minimum atomic E-state index is -0.562. The zero-order chi connectivity index (χ0) is 27.2. The maximum atomic E-state index is 14.5. The zero-order valence-corrected chi connectivity index (χ0v) is 22.8. The fourth-order valence-corrected chi connectivity index (χ4v) is 5.19. The Morgan fingerprint density at radius 2 is 1.90 bits per heavy atom. The summed E-state index contributed by atoms with van der Waals surface area (Å²) in [5.74, 6) is 0.904. The van der Waals surface area contributed by atoms with Crippen molar-refractivity contribution in [3.63, 3.8) is 0 Å². The Labute approximate surface area is 232 Å². The SMILES string of the molecule is COc1cc2ncnc(Nc3cccc(Cl)c3F)c2cc1OC1CCN(C(=O)OCCN2CCCCC2)CC1. The first-order chi connectivity index (χ1) is 19.0. The summed E-state index contributed by atoms with van der Waals surface area (Å²) in [6.45, 7) is 4.47. The lowest BCUT2D eigenvalue weighted by Crippen LogP contribution is -2.43. The molecule has 11 heteroatoms. The molecule has 0 atom stereocenters. The van der Waals surface area contributed by atoms with Crippen molar-refractivity contribution in [1.29, 1.82) is 0 Å². The number of nitrogens with one attached hydrogen (secondary N) is 1. The average molecular weight is 558 g/mol. The molecule has 5 rings (SSSR count). The van der Waals surface area contributed by atoms with Crippen LogP contribution in [0.2, 0.25) is 5.02 Å². The van der Waals surface area contributed by atoms with Crippen LogP contribution in [-0.4, -0.2) is 78.4 Å². The van der Waals surface area contributed by atoms with Crippen LogP contribution >= 0.6 is 11.6 Å². The summed E-state index contributed by atoms with van der Waals surface area (Å²) in [7, 11) is 1.57. The second-order valence-corrected chi connectivity index (χ2v) is 10.2. The minimum Gasteiger partial charge on any atom is -0.493 e. The van der Waals surface area contributed by atoms with Gasteiger partial charge in [0, 0.05) is 43.9 Å². The highest BCUT2D eigenvalue weighted by Crippen LogP contribution is 2.37. The molecule has 1 N–H and O–H groups in total. The lowest BCUT2D eigenvalue weighted by molar-refractivity contribution is 0.0596. The predicted molar refractivity (Wildman–Crippen MR) is 148 cm³/mol. The van der Waals surface area contributed by atoms with Gasteiger partial charge in [0.2, 0.25) is 0 Å². The van der Waals surface area contributed by atoms with Crippen LogP contribution < -0.4 is 14.8 Å². The number of amides is 1. The highest BCUT2D eigenvalue weighted by Gasteiger charge is 2.26. The van der Waals surface area contributed by atoms with Crippen molar-refractivity contribution in [3.8, 4) is 11.5 Å². The number of nitrogens with zero attached hydrogens (tertiary/aromatic N) is 4. The molecule has 3 heterocycles. The maximum Gasteiger partial charge on any atom is 0.409 e. The molecule has 0 aliphatic carbocycles. The Kier molecular flexibility index (Phi) is 8.83. The summed E-state index contributed by atoms with van der Waals surface area (Å²) in [5.41, 5.74) is 0.817. The Balaban J connectivity index is 1.22. The van der Waals surface area contributed by atoms with Gasteiger partial charge in [0.25, 0.3) is 0 Å². The van der Waals surface area contributed by atoms with E-state index in [9.17, 15) is 9.18 Å². The number of halogens is 2. The molecule has 0 saturated carbocycles. The number of benzene rings is 2. The van der Waals surface area contributed by atoms with E-state index in [1.807, 2.05) is 0 Å². The van der Waals surface area contributed by atoms with E-state index in [-0.39, 0.29) is 22.9 Å². The molecule has 9 nitrogen and oxygen atoms in total. The summed E-state index contributed by atoms with van der Waals surface area (Å²) in [6, 6.07) is 8.28. The first-order valence-electron chi connectivity index (χ1n) is 13.4. The quantitative estimate of drug-likeness (QED) is 0.381. The third kappa shape index (κ3) is 6.62. The number of aromatic nitrogens is 2. The number of ether oxygens (including phenoxy) is 3. The van der Waals surface area contributed by atoms with E-state index in [1.165, 1.54) is 31.7 Å². The summed E-state index contributed by atoms with van der Waals surface area (Å²) < 4.78 is 31.9. The van der Waals surface area contributed by atoms with Crippen LogP contribution in [0.5, 0.6) is 11.5 Å². The van der Waals surface area contributed by atoms with Crippen LogP contribution in [0.25, 0.3) is 10.9 Å². The van der Waals surface area contributed by atoms with Gasteiger partial charge < -0.3 is 24.4 Å². The Bertz CT molecular complexity index is 1300. The summed E-state index contributed by atoms with van der Waals surface area (Å²) in [6.07, 6.45) is 6.06. The number of likely N-dealkylation sites (tertiary alicyclic amines) is 2. The highest BCUT2D eigenvalue weighted by molar-refractivity contribution is 6.31. The summed E-state index contributed by atoms with van der Waals surface area (Å²) in [5, 5.41) is 3.67. The fourth-order valence-electron chi connectivity index (χ4n) is 5.02. The van der Waals surface area contributed by atoms with E-state index in [0.29, 0.717) is 60.8 Å². The molecule has 2 saturated heterocycles. The normalized spacial score (nSPS) is 16.7. The Hall–Kier alpha value is -3.37. The number of hydrogen-bond donors (Lipinski definition) is 1. The van der Waals surface area contributed by atoms with Crippen molar-refractivity contribution in [2.45, 2.75) is 38.2 Å². The van der Waals surface area contributed by atoms with Crippen molar-refractivity contribution >= 4 is 40.1 Å². The van der Waals surface area contributed by atoms with Crippen molar-refractivity contribution in [2.24, 2.45) is 0 Å². The molecule has 2 aromatic carbocycles. The van der Waals surface area contributed by atoms with Crippen LogP contribution in [0.15, 0.2) is 36.7 Å². The van der Waals surface area contributed by atoms with Gasteiger partial charge in [0.05, 0.1) is 23.3 Å². The van der Waals surface area contributed by atoms with Crippen molar-refractivity contribution in [3.05, 3.63) is 47.5 Å². The topological polar surface area (TPSA) is 89.1 Å². The van der Waals surface area contributed by atoms with Gasteiger partial charge in [-0.25, -0.2) is 19.2 Å². The van der Waals surface area contributed by atoms with E-state index < -0.39 is 5.82 Å². The number of carbonyl (C=O) groups excluding carboxylic acids is 1. The molecule has 1 amide bonds. The van der Waals surface area contributed by atoms with Gasteiger partial charge >= 0.3 is 6.09 Å². The molecule has 3 aromatic rings. The molecular formula is C28H33ClFN5O4. The van der Waals surface area contributed by atoms with Gasteiger partial charge in [-0.2, -0.15) is 0 Å². The van der Waals surface area contributed by atoms with Crippen LogP contribution in [0.3, 0.4) is 0 Å². The van der Waals surface area contributed by atoms with Crippen molar-refractivity contribution < 1.29 is 23.4 Å². The van der Waals surface area contributed by atoms with Crippen LogP contribution in [0.1, 0.15) is 32.1 Å². The predicted octanol–water partition coefficient (Wildman–Crippen LogP) is 5.64. The van der Waals surface area contributed by atoms with Gasteiger partial charge in [0.15, 0.2) is 17.3 Å². The van der Waals surface area contributed by atoms with E-state index in [1.54, 1.807) is 36.3 Å². The molecule has 0 spiro atoms. The second kappa shape index (κ2) is 12.7. The number of methoxy groups -OCH3 is 1. The standard InChI is InChI=1S/C28H33ClFN5O4/c1-37-24-17-23-20(27(32-18-31-23)33-22-7-5-6-21(29)26(22)30)16-25(24)39-19-8-12-35(13-9-19)28(36)38-15-14-34-10-3-2-4-11-34/h5-7,16-19H,2-4,8-15H2,1H3,(H,31,32,33). The van der Waals surface area contributed by atoms with E-state index >= 15 is 0 Å². The number of fused-ring (bicyclic) bond motifs is 1. The van der Waals surface area contributed by atoms with E-state index in [0.717, 1.165) is 19.6 Å². The molecule has 2 fully saturated rings. The van der Waals surface area contributed by atoms with Gasteiger partial charge in [-0.15, -0.1) is 0 Å². The second-order valence-electron chi connectivity index (χ2n) is 9.79. The van der Waals surface area contributed by atoms with E-state index in [2.05, 4.69) is 20.2 Å². The molecule has 0 unspecified atom stereocenters. The largest absolute Gasteiger partial charge is 0.493 e.